The molecule has 0 spiro atoms. The van der Waals surface area contributed by atoms with E-state index in [1.807, 2.05) is 0 Å². The van der Waals surface area contributed by atoms with Gasteiger partial charge in [-0.1, -0.05) is 212 Å². The van der Waals surface area contributed by atoms with Crippen molar-refractivity contribution in [3.63, 3.8) is 0 Å². The zero-order valence-electron chi connectivity index (χ0n) is 33.8. The lowest BCUT2D eigenvalue weighted by Crippen LogP contribution is -2.50. The normalized spacial score (nSPS) is 13.6. The van der Waals surface area contributed by atoms with Crippen molar-refractivity contribution in [1.82, 2.24) is 5.32 Å². The summed E-state index contributed by atoms with van der Waals surface area (Å²) in [6.07, 6.45) is 47.5. The van der Waals surface area contributed by atoms with Crippen LogP contribution < -0.4 is 5.32 Å². The molecule has 0 aliphatic rings. The quantitative estimate of drug-likeness (QED) is 0.0376. The van der Waals surface area contributed by atoms with Crippen LogP contribution in [0.25, 0.3) is 0 Å². The van der Waals surface area contributed by atoms with Gasteiger partial charge in [0.25, 0.3) is 0 Å². The molecule has 3 atom stereocenters. The standard InChI is InChI=1S/C45H89NO4/c1-3-5-7-9-11-13-15-17-19-20-21-22-23-24-26-28-30-32-34-36-38-40-44(49)46-42(41-47)45(50)43(48)39-37-35-33-31-29-27-25-18-16-14-12-10-8-6-4-2/h31,33,42-43,45,47-48,50H,3-30,32,34-41H2,1-2H3,(H,46,49)/b33-31+. The first-order valence-corrected chi connectivity index (χ1v) is 22.5. The zero-order chi connectivity index (χ0) is 36.6. The van der Waals surface area contributed by atoms with Gasteiger partial charge < -0.3 is 20.6 Å². The number of hydrogen-bond donors (Lipinski definition) is 4. The number of hydrogen-bond acceptors (Lipinski definition) is 4. The molecule has 1 amide bonds. The van der Waals surface area contributed by atoms with Crippen molar-refractivity contribution in [1.29, 1.82) is 0 Å². The van der Waals surface area contributed by atoms with Crippen molar-refractivity contribution in [2.75, 3.05) is 6.61 Å². The maximum Gasteiger partial charge on any atom is 0.220 e. The molecule has 0 aromatic heterocycles. The predicted molar refractivity (Wildman–Crippen MR) is 218 cm³/mol. The van der Waals surface area contributed by atoms with Crippen LogP contribution in [0.15, 0.2) is 12.2 Å². The monoisotopic (exact) mass is 708 g/mol. The molecule has 0 aromatic rings. The van der Waals surface area contributed by atoms with Crippen LogP contribution in [0.2, 0.25) is 0 Å². The van der Waals surface area contributed by atoms with Gasteiger partial charge in [-0.05, 0) is 38.5 Å². The van der Waals surface area contributed by atoms with Gasteiger partial charge in [0.05, 0.1) is 18.8 Å². The fourth-order valence-corrected chi connectivity index (χ4v) is 7.10. The van der Waals surface area contributed by atoms with Crippen LogP contribution in [0, 0.1) is 0 Å². The van der Waals surface area contributed by atoms with Crippen LogP contribution in [0.4, 0.5) is 0 Å². The number of aliphatic hydroxyl groups is 3. The number of amides is 1. The summed E-state index contributed by atoms with van der Waals surface area (Å²) in [5, 5.41) is 33.5. The van der Waals surface area contributed by atoms with Crippen molar-refractivity contribution in [3.8, 4) is 0 Å². The molecule has 0 radical (unpaired) electrons. The Morgan fingerprint density at radius 2 is 0.800 bits per heavy atom. The number of nitrogens with one attached hydrogen (secondary N) is 1. The first kappa shape index (κ1) is 49.1. The SMILES string of the molecule is CCCCCCCCCCCC/C=C/CCCC(O)C(O)C(CO)NC(=O)CCCCCCCCCCCCCCCCCCCCCCC. The van der Waals surface area contributed by atoms with Gasteiger partial charge in [0.1, 0.15) is 6.10 Å². The van der Waals surface area contributed by atoms with Gasteiger partial charge in [0.15, 0.2) is 0 Å². The molecule has 4 N–H and O–H groups in total. The predicted octanol–water partition coefficient (Wildman–Crippen LogP) is 12.8. The third-order valence-electron chi connectivity index (χ3n) is 10.6. The largest absolute Gasteiger partial charge is 0.394 e. The van der Waals surface area contributed by atoms with Gasteiger partial charge in [-0.3, -0.25) is 4.79 Å². The fraction of sp³-hybridized carbons (Fsp3) is 0.933. The molecule has 0 heterocycles. The van der Waals surface area contributed by atoms with Crippen molar-refractivity contribution < 1.29 is 20.1 Å². The highest BCUT2D eigenvalue weighted by Gasteiger charge is 2.26. The van der Waals surface area contributed by atoms with Crippen molar-refractivity contribution in [2.45, 2.75) is 263 Å². The van der Waals surface area contributed by atoms with E-state index in [0.717, 1.165) is 38.5 Å². The molecule has 0 aromatic carbocycles. The Morgan fingerprint density at radius 1 is 0.480 bits per heavy atom. The zero-order valence-corrected chi connectivity index (χ0v) is 33.8. The highest BCUT2D eigenvalue weighted by Crippen LogP contribution is 2.16. The van der Waals surface area contributed by atoms with Crippen molar-refractivity contribution in [2.24, 2.45) is 0 Å². The Labute approximate surface area is 312 Å². The molecular weight excluding hydrogens is 618 g/mol. The summed E-state index contributed by atoms with van der Waals surface area (Å²) in [5.74, 6) is -0.150. The smallest absolute Gasteiger partial charge is 0.220 e. The highest BCUT2D eigenvalue weighted by molar-refractivity contribution is 5.76. The van der Waals surface area contributed by atoms with Crippen LogP contribution in [-0.4, -0.2) is 46.1 Å². The van der Waals surface area contributed by atoms with Crippen LogP contribution in [-0.2, 0) is 4.79 Å². The Kier molecular flexibility index (Phi) is 40.1. The van der Waals surface area contributed by atoms with E-state index in [4.69, 9.17) is 0 Å². The van der Waals surface area contributed by atoms with E-state index in [9.17, 15) is 20.1 Å². The van der Waals surface area contributed by atoms with E-state index in [1.54, 1.807) is 0 Å². The maximum atomic E-state index is 12.4. The van der Waals surface area contributed by atoms with E-state index in [1.165, 1.54) is 180 Å². The molecule has 50 heavy (non-hydrogen) atoms. The molecule has 0 aliphatic carbocycles. The molecule has 298 valence electrons. The first-order chi connectivity index (χ1) is 24.6. The molecule has 5 heteroatoms. The molecule has 3 unspecified atom stereocenters. The minimum Gasteiger partial charge on any atom is -0.394 e. The van der Waals surface area contributed by atoms with E-state index in [-0.39, 0.29) is 12.5 Å². The Hall–Kier alpha value is -0.910. The number of allylic oxidation sites excluding steroid dienone is 2. The second kappa shape index (κ2) is 40.9. The lowest BCUT2D eigenvalue weighted by molar-refractivity contribution is -0.124. The fourth-order valence-electron chi connectivity index (χ4n) is 7.10. The second-order valence-electron chi connectivity index (χ2n) is 15.6. The van der Waals surface area contributed by atoms with Gasteiger partial charge in [0, 0.05) is 6.42 Å². The van der Waals surface area contributed by atoms with E-state index < -0.39 is 18.2 Å². The van der Waals surface area contributed by atoms with Gasteiger partial charge in [-0.25, -0.2) is 0 Å². The van der Waals surface area contributed by atoms with Gasteiger partial charge in [-0.2, -0.15) is 0 Å². The van der Waals surface area contributed by atoms with Gasteiger partial charge in [-0.15, -0.1) is 0 Å². The Balaban J connectivity index is 3.60. The summed E-state index contributed by atoms with van der Waals surface area (Å²) in [6.45, 7) is 4.18. The summed E-state index contributed by atoms with van der Waals surface area (Å²) >= 11 is 0. The summed E-state index contributed by atoms with van der Waals surface area (Å²) in [4.78, 5) is 12.4. The summed E-state index contributed by atoms with van der Waals surface area (Å²) < 4.78 is 0. The molecule has 0 aliphatic heterocycles. The third-order valence-corrected chi connectivity index (χ3v) is 10.6. The topological polar surface area (TPSA) is 89.8 Å². The minimum absolute atomic E-state index is 0.150. The number of aliphatic hydroxyl groups excluding tert-OH is 3. The van der Waals surface area contributed by atoms with Crippen LogP contribution in [0.3, 0.4) is 0 Å². The second-order valence-corrected chi connectivity index (χ2v) is 15.6. The van der Waals surface area contributed by atoms with Gasteiger partial charge >= 0.3 is 0 Å². The van der Waals surface area contributed by atoms with Crippen LogP contribution in [0.1, 0.15) is 245 Å². The average Bonchev–Trinajstić information content (AvgIpc) is 3.12. The molecule has 0 saturated carbocycles. The molecule has 5 nitrogen and oxygen atoms in total. The highest BCUT2D eigenvalue weighted by atomic mass is 16.3. The van der Waals surface area contributed by atoms with Crippen molar-refractivity contribution in [3.05, 3.63) is 12.2 Å². The summed E-state index contributed by atoms with van der Waals surface area (Å²) in [6, 6.07) is -0.820. The van der Waals surface area contributed by atoms with E-state index in [0.29, 0.717) is 12.8 Å². The maximum absolute atomic E-state index is 12.4. The van der Waals surface area contributed by atoms with Crippen LogP contribution in [0.5, 0.6) is 0 Å². The summed E-state index contributed by atoms with van der Waals surface area (Å²) in [5.41, 5.74) is 0. The molecule has 0 fully saturated rings. The number of carbonyl (C=O) groups excluding carboxylic acids is 1. The molecule has 0 saturated heterocycles. The number of unbranched alkanes of at least 4 members (excludes halogenated alkanes) is 31. The van der Waals surface area contributed by atoms with Gasteiger partial charge in [0.2, 0.25) is 5.91 Å². The summed E-state index contributed by atoms with van der Waals surface area (Å²) in [7, 11) is 0. The Morgan fingerprint density at radius 3 is 1.16 bits per heavy atom. The first-order valence-electron chi connectivity index (χ1n) is 22.5. The van der Waals surface area contributed by atoms with Crippen LogP contribution >= 0.6 is 0 Å². The van der Waals surface area contributed by atoms with Crippen molar-refractivity contribution >= 4 is 5.91 Å². The Bertz CT molecular complexity index is 699. The van der Waals surface area contributed by atoms with E-state index in [2.05, 4.69) is 31.3 Å². The molecular formula is C45H89NO4. The number of carbonyl (C=O) groups is 1. The lowest BCUT2D eigenvalue weighted by atomic mass is 10.0. The lowest BCUT2D eigenvalue weighted by Gasteiger charge is -2.26. The minimum atomic E-state index is -1.15. The number of rotatable bonds is 41. The average molecular weight is 708 g/mol. The molecule has 0 bridgehead atoms. The third kappa shape index (κ3) is 35.5. The van der Waals surface area contributed by atoms with E-state index >= 15 is 0 Å². The molecule has 0 rings (SSSR count).